The lowest BCUT2D eigenvalue weighted by Crippen LogP contribution is -2.21. The molecule has 2 aromatic carbocycles. The molecule has 0 atom stereocenters. The molecule has 1 aromatic heterocycles. The Labute approximate surface area is 149 Å². The molecule has 120 valence electrons. The van der Waals surface area contributed by atoms with Crippen molar-refractivity contribution in [2.24, 2.45) is 0 Å². The van der Waals surface area contributed by atoms with Crippen LogP contribution in [0.5, 0.6) is 5.75 Å². The van der Waals surface area contributed by atoms with Gasteiger partial charge in [0, 0.05) is 38.4 Å². The van der Waals surface area contributed by atoms with Crippen LogP contribution in [0.15, 0.2) is 46.9 Å². The predicted molar refractivity (Wildman–Crippen MR) is 105 cm³/mol. The van der Waals surface area contributed by atoms with Crippen LogP contribution in [0.3, 0.4) is 0 Å². The maximum Gasteiger partial charge on any atom is 0.119 e. The molecule has 0 unspecified atom stereocenters. The monoisotopic (exact) mass is 389 g/mol. The molecule has 2 nitrogen and oxygen atoms in total. The number of ether oxygens (including phenoxy) is 1. The Balaban J connectivity index is 2.01. The van der Waals surface area contributed by atoms with Gasteiger partial charge in [0.15, 0.2) is 0 Å². The van der Waals surface area contributed by atoms with E-state index in [0.29, 0.717) is 0 Å². The van der Waals surface area contributed by atoms with Crippen LogP contribution in [0.4, 0.5) is 5.69 Å². The Bertz CT molecular complexity index is 823. The molecule has 0 N–H and O–H groups in total. The fourth-order valence-electron chi connectivity index (χ4n) is 2.77. The Morgan fingerprint density at radius 2 is 1.83 bits per heavy atom. The summed E-state index contributed by atoms with van der Waals surface area (Å²) < 4.78 is 7.74. The summed E-state index contributed by atoms with van der Waals surface area (Å²) in [6.45, 7) is 6.41. The van der Waals surface area contributed by atoms with E-state index in [1.54, 1.807) is 7.11 Å². The van der Waals surface area contributed by atoms with E-state index in [-0.39, 0.29) is 0 Å². The van der Waals surface area contributed by atoms with E-state index in [1.165, 1.54) is 26.2 Å². The van der Waals surface area contributed by atoms with Gasteiger partial charge in [0.2, 0.25) is 0 Å². The van der Waals surface area contributed by atoms with Gasteiger partial charge < -0.3 is 9.64 Å². The molecule has 0 spiro atoms. The van der Waals surface area contributed by atoms with Crippen molar-refractivity contribution in [1.82, 2.24) is 0 Å². The van der Waals surface area contributed by atoms with Crippen LogP contribution in [0.25, 0.3) is 20.5 Å². The smallest absolute Gasteiger partial charge is 0.119 e. The molecular weight excluding hydrogens is 370 g/mol. The average Bonchev–Trinajstić information content (AvgIpc) is 2.98. The Kier molecular flexibility index (Phi) is 4.93. The second kappa shape index (κ2) is 6.93. The lowest BCUT2D eigenvalue weighted by molar-refractivity contribution is 0.415. The zero-order valence-electron chi connectivity index (χ0n) is 13.6. The van der Waals surface area contributed by atoms with Crippen molar-refractivity contribution < 1.29 is 4.74 Å². The van der Waals surface area contributed by atoms with Gasteiger partial charge in [0.1, 0.15) is 5.75 Å². The van der Waals surface area contributed by atoms with E-state index in [4.69, 9.17) is 4.74 Å². The number of rotatable bonds is 5. The quantitative estimate of drug-likeness (QED) is 0.515. The average molecular weight is 390 g/mol. The fraction of sp³-hybridized carbons (Fsp3) is 0.263. The van der Waals surface area contributed by atoms with E-state index in [0.717, 1.165) is 23.3 Å². The van der Waals surface area contributed by atoms with Gasteiger partial charge in [-0.3, -0.25) is 0 Å². The second-order valence-electron chi connectivity index (χ2n) is 5.35. The summed E-state index contributed by atoms with van der Waals surface area (Å²) in [6, 6.07) is 15.1. The normalized spacial score (nSPS) is 11.0. The number of hydrogen-bond donors (Lipinski definition) is 0. The van der Waals surface area contributed by atoms with Gasteiger partial charge in [-0.15, -0.1) is 11.3 Å². The van der Waals surface area contributed by atoms with Gasteiger partial charge in [0.25, 0.3) is 0 Å². The third kappa shape index (κ3) is 3.24. The number of methoxy groups -OCH3 is 1. The number of nitrogens with zero attached hydrogens (tertiary/aromatic N) is 1. The van der Waals surface area contributed by atoms with E-state index in [2.05, 4.69) is 71.1 Å². The number of hydrogen-bond acceptors (Lipinski definition) is 3. The minimum absolute atomic E-state index is 0.901. The van der Waals surface area contributed by atoms with Gasteiger partial charge in [-0.2, -0.15) is 0 Å². The highest BCUT2D eigenvalue weighted by Gasteiger charge is 2.11. The largest absolute Gasteiger partial charge is 0.497 e. The second-order valence-corrected chi connectivity index (χ2v) is 7.29. The summed E-state index contributed by atoms with van der Waals surface area (Å²) in [7, 11) is 1.71. The van der Waals surface area contributed by atoms with E-state index in [1.807, 2.05) is 17.4 Å². The molecular formula is C19H20BrNOS. The summed E-state index contributed by atoms with van der Waals surface area (Å²) in [4.78, 5) is 3.62. The predicted octanol–water partition coefficient (Wildman–Crippen LogP) is 6.19. The molecule has 0 aliphatic carbocycles. The maximum atomic E-state index is 5.32. The number of halogens is 1. The van der Waals surface area contributed by atoms with Gasteiger partial charge in [-0.05, 0) is 55.6 Å². The SMILES string of the molecule is CCN(CC)c1ccc(-c2cc3cc(OC)ccc3s2)c(Br)c1. The first kappa shape index (κ1) is 16.3. The lowest BCUT2D eigenvalue weighted by atomic mass is 10.1. The molecule has 0 aliphatic heterocycles. The molecule has 0 amide bonds. The molecule has 0 saturated heterocycles. The first-order chi connectivity index (χ1) is 11.2. The van der Waals surface area contributed by atoms with Gasteiger partial charge in [0.05, 0.1) is 7.11 Å². The van der Waals surface area contributed by atoms with E-state index in [9.17, 15) is 0 Å². The maximum absolute atomic E-state index is 5.32. The number of anilines is 1. The van der Waals surface area contributed by atoms with Crippen LogP contribution in [-0.2, 0) is 0 Å². The lowest BCUT2D eigenvalue weighted by Gasteiger charge is -2.21. The van der Waals surface area contributed by atoms with Crippen molar-refractivity contribution >= 4 is 43.0 Å². The number of fused-ring (bicyclic) bond motifs is 1. The highest BCUT2D eigenvalue weighted by atomic mass is 79.9. The van der Waals surface area contributed by atoms with Gasteiger partial charge >= 0.3 is 0 Å². The van der Waals surface area contributed by atoms with Gasteiger partial charge in [-0.1, -0.05) is 22.0 Å². The van der Waals surface area contributed by atoms with Crippen LogP contribution < -0.4 is 9.64 Å². The van der Waals surface area contributed by atoms with Crippen LogP contribution in [0, 0.1) is 0 Å². The Morgan fingerprint density at radius 1 is 1.04 bits per heavy atom. The van der Waals surface area contributed by atoms with Crippen molar-refractivity contribution in [1.29, 1.82) is 0 Å². The topological polar surface area (TPSA) is 12.5 Å². The van der Waals surface area contributed by atoms with Crippen LogP contribution in [0.2, 0.25) is 0 Å². The van der Waals surface area contributed by atoms with Crippen molar-refractivity contribution in [3.8, 4) is 16.2 Å². The number of benzene rings is 2. The standard InChI is InChI=1S/C19H20BrNOS/c1-4-21(5-2)14-6-8-16(17(20)12-14)19-11-13-10-15(22-3)7-9-18(13)23-19/h6-12H,4-5H2,1-3H3. The highest BCUT2D eigenvalue weighted by molar-refractivity contribution is 9.10. The van der Waals surface area contributed by atoms with Gasteiger partial charge in [-0.25, -0.2) is 0 Å². The van der Waals surface area contributed by atoms with Crippen molar-refractivity contribution in [2.75, 3.05) is 25.1 Å². The third-order valence-corrected chi connectivity index (χ3v) is 5.88. The molecule has 0 radical (unpaired) electrons. The summed E-state index contributed by atoms with van der Waals surface area (Å²) in [5.41, 5.74) is 2.49. The van der Waals surface area contributed by atoms with Crippen LogP contribution in [-0.4, -0.2) is 20.2 Å². The summed E-state index contributed by atoms with van der Waals surface area (Å²) >= 11 is 5.56. The first-order valence-corrected chi connectivity index (χ1v) is 9.39. The fourth-order valence-corrected chi connectivity index (χ4v) is 4.56. The van der Waals surface area contributed by atoms with Crippen molar-refractivity contribution in [2.45, 2.75) is 13.8 Å². The molecule has 0 bridgehead atoms. The molecule has 0 fully saturated rings. The van der Waals surface area contributed by atoms with Crippen molar-refractivity contribution in [3.05, 3.63) is 46.9 Å². The Hall–Kier alpha value is -1.52. The summed E-state index contributed by atoms with van der Waals surface area (Å²) in [6.07, 6.45) is 0. The van der Waals surface area contributed by atoms with Crippen LogP contribution in [0.1, 0.15) is 13.8 Å². The zero-order valence-corrected chi connectivity index (χ0v) is 16.0. The third-order valence-electron chi connectivity index (χ3n) is 4.07. The van der Waals surface area contributed by atoms with E-state index >= 15 is 0 Å². The molecule has 4 heteroatoms. The zero-order chi connectivity index (χ0) is 16.4. The molecule has 3 aromatic rings. The minimum Gasteiger partial charge on any atom is -0.497 e. The molecule has 0 saturated carbocycles. The number of thiophene rings is 1. The highest BCUT2D eigenvalue weighted by Crippen LogP contribution is 2.39. The first-order valence-electron chi connectivity index (χ1n) is 7.78. The molecule has 0 aliphatic rings. The summed E-state index contributed by atoms with van der Waals surface area (Å²) in [5.74, 6) is 0.901. The molecule has 1 heterocycles. The minimum atomic E-state index is 0.901. The summed E-state index contributed by atoms with van der Waals surface area (Å²) in [5, 5.41) is 1.23. The van der Waals surface area contributed by atoms with Crippen molar-refractivity contribution in [3.63, 3.8) is 0 Å². The van der Waals surface area contributed by atoms with Crippen LogP contribution >= 0.6 is 27.3 Å². The Morgan fingerprint density at radius 3 is 2.48 bits per heavy atom. The van der Waals surface area contributed by atoms with E-state index < -0.39 is 0 Å². The molecule has 3 rings (SSSR count). The molecule has 23 heavy (non-hydrogen) atoms.